The molecule has 1 atom stereocenters. The SMILES string of the molecule is CCc1nc(-c2ccc(Cl)cc2Cl)c(CC)nc1OC(CC)C(C)C. The van der Waals surface area contributed by atoms with Gasteiger partial charge in [-0.2, -0.15) is 0 Å². The first kappa shape index (κ1) is 20.0. The highest BCUT2D eigenvalue weighted by molar-refractivity contribution is 6.36. The van der Waals surface area contributed by atoms with E-state index in [2.05, 4.69) is 34.6 Å². The number of hydrogen-bond donors (Lipinski definition) is 0. The van der Waals surface area contributed by atoms with Crippen LogP contribution in [-0.2, 0) is 12.8 Å². The van der Waals surface area contributed by atoms with Crippen LogP contribution in [0.4, 0.5) is 0 Å². The summed E-state index contributed by atoms with van der Waals surface area (Å²) in [7, 11) is 0. The zero-order valence-corrected chi connectivity index (χ0v) is 17.1. The fraction of sp³-hybridized carbons (Fsp3) is 0.500. The average molecular weight is 381 g/mol. The molecule has 2 aromatic rings. The molecule has 136 valence electrons. The minimum absolute atomic E-state index is 0.134. The van der Waals surface area contributed by atoms with Gasteiger partial charge in [0.1, 0.15) is 11.8 Å². The van der Waals surface area contributed by atoms with Gasteiger partial charge in [0, 0.05) is 10.6 Å². The molecule has 5 heteroatoms. The lowest BCUT2D eigenvalue weighted by Gasteiger charge is -2.22. The minimum Gasteiger partial charge on any atom is -0.473 e. The van der Waals surface area contributed by atoms with Crippen molar-refractivity contribution in [2.45, 2.75) is 60.0 Å². The molecule has 0 bridgehead atoms. The second-order valence-corrected chi connectivity index (χ2v) is 7.25. The van der Waals surface area contributed by atoms with E-state index in [1.54, 1.807) is 6.07 Å². The highest BCUT2D eigenvalue weighted by Gasteiger charge is 2.20. The Labute approximate surface area is 160 Å². The highest BCUT2D eigenvalue weighted by Crippen LogP contribution is 2.33. The molecule has 0 aliphatic heterocycles. The van der Waals surface area contributed by atoms with Gasteiger partial charge < -0.3 is 4.74 Å². The van der Waals surface area contributed by atoms with Crippen molar-refractivity contribution in [3.63, 3.8) is 0 Å². The minimum atomic E-state index is 0.134. The van der Waals surface area contributed by atoms with Crippen molar-refractivity contribution in [2.75, 3.05) is 0 Å². The summed E-state index contributed by atoms with van der Waals surface area (Å²) in [5, 5.41) is 1.19. The first-order chi connectivity index (χ1) is 11.9. The molecule has 3 nitrogen and oxygen atoms in total. The molecule has 0 saturated carbocycles. The van der Waals surface area contributed by atoms with Crippen LogP contribution in [0.5, 0.6) is 5.88 Å². The molecule has 1 aromatic heterocycles. The average Bonchev–Trinajstić information content (AvgIpc) is 2.59. The molecule has 0 fully saturated rings. The van der Waals surface area contributed by atoms with Crippen LogP contribution in [0.15, 0.2) is 18.2 Å². The smallest absolute Gasteiger partial charge is 0.236 e. The molecule has 0 aliphatic rings. The summed E-state index contributed by atoms with van der Waals surface area (Å²) in [6.07, 6.45) is 2.57. The number of ether oxygens (including phenoxy) is 1. The molecule has 1 unspecified atom stereocenters. The molecular weight excluding hydrogens is 355 g/mol. The van der Waals surface area contributed by atoms with E-state index in [0.717, 1.165) is 41.9 Å². The standard InChI is InChI=1S/C20H26Cl2N2O/c1-6-16-19(14-10-9-13(21)11-15(14)22)23-17(7-2)20(24-16)25-18(8-3)12(4)5/h9-12,18H,6-8H2,1-5H3. The molecule has 0 aliphatic carbocycles. The maximum absolute atomic E-state index is 6.39. The van der Waals surface area contributed by atoms with E-state index in [9.17, 15) is 0 Å². The summed E-state index contributed by atoms with van der Waals surface area (Å²) < 4.78 is 6.20. The van der Waals surface area contributed by atoms with Gasteiger partial charge in [-0.05, 0) is 43.4 Å². The predicted octanol–water partition coefficient (Wildman–Crippen LogP) is 6.39. The zero-order valence-electron chi connectivity index (χ0n) is 15.6. The largest absolute Gasteiger partial charge is 0.473 e. The van der Waals surface area contributed by atoms with Crippen molar-refractivity contribution in [3.05, 3.63) is 39.6 Å². The second-order valence-electron chi connectivity index (χ2n) is 6.41. The number of nitrogens with zero attached hydrogens (tertiary/aromatic N) is 2. The second kappa shape index (κ2) is 8.86. The van der Waals surface area contributed by atoms with Crippen LogP contribution in [0.3, 0.4) is 0 Å². The van der Waals surface area contributed by atoms with Crippen molar-refractivity contribution in [1.82, 2.24) is 9.97 Å². The normalized spacial score (nSPS) is 12.5. The van der Waals surface area contributed by atoms with E-state index in [1.165, 1.54) is 0 Å². The maximum Gasteiger partial charge on any atom is 0.236 e. The van der Waals surface area contributed by atoms with Gasteiger partial charge in [-0.25, -0.2) is 9.97 Å². The van der Waals surface area contributed by atoms with Crippen molar-refractivity contribution in [3.8, 4) is 17.1 Å². The van der Waals surface area contributed by atoms with Gasteiger partial charge in [0.25, 0.3) is 0 Å². The van der Waals surface area contributed by atoms with Gasteiger partial charge in [0.05, 0.1) is 16.4 Å². The third-order valence-electron chi connectivity index (χ3n) is 4.27. The summed E-state index contributed by atoms with van der Waals surface area (Å²) in [6, 6.07) is 5.46. The molecule has 0 amide bonds. The maximum atomic E-state index is 6.39. The van der Waals surface area contributed by atoms with Crippen LogP contribution in [0.2, 0.25) is 10.0 Å². The lowest BCUT2D eigenvalue weighted by molar-refractivity contribution is 0.138. The van der Waals surface area contributed by atoms with Crippen molar-refractivity contribution < 1.29 is 4.74 Å². The zero-order chi connectivity index (χ0) is 18.6. The Bertz CT molecular complexity index is 732. The fourth-order valence-electron chi connectivity index (χ4n) is 2.79. The van der Waals surface area contributed by atoms with E-state index in [-0.39, 0.29) is 6.10 Å². The Morgan fingerprint density at radius 2 is 1.68 bits per heavy atom. The van der Waals surface area contributed by atoms with Crippen LogP contribution < -0.4 is 4.74 Å². The molecule has 1 heterocycles. The summed E-state index contributed by atoms with van der Waals surface area (Å²) in [4.78, 5) is 9.65. The molecule has 0 radical (unpaired) electrons. The molecule has 25 heavy (non-hydrogen) atoms. The van der Waals surface area contributed by atoms with Gasteiger partial charge in [-0.15, -0.1) is 0 Å². The molecule has 2 rings (SSSR count). The fourth-order valence-corrected chi connectivity index (χ4v) is 3.29. The van der Waals surface area contributed by atoms with Crippen LogP contribution >= 0.6 is 23.2 Å². The number of halogens is 2. The molecule has 0 N–H and O–H groups in total. The lowest BCUT2D eigenvalue weighted by atomic mass is 10.1. The Kier molecular flexibility index (Phi) is 7.09. The van der Waals surface area contributed by atoms with E-state index in [1.807, 2.05) is 12.1 Å². The van der Waals surface area contributed by atoms with Gasteiger partial charge in [0.15, 0.2) is 0 Å². The highest BCUT2D eigenvalue weighted by atomic mass is 35.5. The molecular formula is C20H26Cl2N2O. The lowest BCUT2D eigenvalue weighted by Crippen LogP contribution is -2.23. The monoisotopic (exact) mass is 380 g/mol. The van der Waals surface area contributed by atoms with Gasteiger partial charge >= 0.3 is 0 Å². The van der Waals surface area contributed by atoms with Crippen LogP contribution in [0.1, 0.15) is 52.4 Å². The Morgan fingerprint density at radius 1 is 1.00 bits per heavy atom. The van der Waals surface area contributed by atoms with E-state index < -0.39 is 0 Å². The van der Waals surface area contributed by atoms with E-state index in [0.29, 0.717) is 21.8 Å². The van der Waals surface area contributed by atoms with Crippen LogP contribution in [-0.4, -0.2) is 16.1 Å². The molecule has 1 aromatic carbocycles. The summed E-state index contributed by atoms with van der Waals surface area (Å²) in [5.74, 6) is 1.07. The summed E-state index contributed by atoms with van der Waals surface area (Å²) >= 11 is 12.4. The number of rotatable bonds is 7. The third kappa shape index (κ3) is 4.65. The van der Waals surface area contributed by atoms with E-state index >= 15 is 0 Å². The van der Waals surface area contributed by atoms with Crippen molar-refractivity contribution >= 4 is 23.2 Å². The summed E-state index contributed by atoms with van der Waals surface area (Å²) in [5.41, 5.74) is 3.41. The number of aromatic nitrogens is 2. The molecule has 0 saturated heterocycles. The predicted molar refractivity (Wildman–Crippen MR) is 106 cm³/mol. The van der Waals surface area contributed by atoms with E-state index in [4.69, 9.17) is 37.9 Å². The van der Waals surface area contributed by atoms with Crippen LogP contribution in [0, 0.1) is 5.92 Å². The summed E-state index contributed by atoms with van der Waals surface area (Å²) in [6.45, 7) is 10.6. The quantitative estimate of drug-likeness (QED) is 0.557. The number of aryl methyl sites for hydroxylation is 2. The van der Waals surface area contributed by atoms with Gasteiger partial charge in [-0.3, -0.25) is 0 Å². The Hall–Kier alpha value is -1.32. The Morgan fingerprint density at radius 3 is 2.20 bits per heavy atom. The van der Waals surface area contributed by atoms with Crippen molar-refractivity contribution in [2.24, 2.45) is 5.92 Å². The van der Waals surface area contributed by atoms with Crippen LogP contribution in [0.25, 0.3) is 11.3 Å². The molecule has 0 spiro atoms. The topological polar surface area (TPSA) is 35.0 Å². The Balaban J connectivity index is 2.53. The first-order valence-electron chi connectivity index (χ1n) is 8.92. The van der Waals surface area contributed by atoms with Gasteiger partial charge in [-0.1, -0.05) is 57.8 Å². The van der Waals surface area contributed by atoms with Crippen molar-refractivity contribution in [1.29, 1.82) is 0 Å². The number of hydrogen-bond acceptors (Lipinski definition) is 3. The first-order valence-corrected chi connectivity index (χ1v) is 9.68. The van der Waals surface area contributed by atoms with Gasteiger partial charge in [0.2, 0.25) is 5.88 Å². The third-order valence-corrected chi connectivity index (χ3v) is 4.82. The number of benzene rings is 1.